The van der Waals surface area contributed by atoms with Crippen LogP contribution in [0.2, 0.25) is 0 Å². The third-order valence-corrected chi connectivity index (χ3v) is 0.524. The average Bonchev–Trinajstić information content (AvgIpc) is 1.38. The van der Waals surface area contributed by atoms with E-state index in [-0.39, 0.29) is 21.1 Å². The molecule has 0 saturated carbocycles. The van der Waals surface area contributed by atoms with Crippen molar-refractivity contribution in [2.24, 2.45) is 0 Å². The van der Waals surface area contributed by atoms with Gasteiger partial charge in [0.1, 0.15) is 0 Å². The summed E-state index contributed by atoms with van der Waals surface area (Å²) >= 11 is 0. The molecule has 0 aromatic heterocycles. The molecule has 3 nitrogen and oxygen atoms in total. The van der Waals surface area contributed by atoms with E-state index in [0.29, 0.717) is 0 Å². The maximum absolute atomic E-state index is 9.33. The number of rotatable bonds is 1. The van der Waals surface area contributed by atoms with Gasteiger partial charge in [-0.3, -0.25) is 4.57 Å². The average molecular weight is 280 g/mol. The van der Waals surface area contributed by atoms with E-state index >= 15 is 0 Å². The Morgan fingerprint density at radius 1 is 1.83 bits per heavy atom. The maximum Gasteiger partial charge on any atom is 0.316 e. The molecular formula is CH5O3PW. The molecule has 5 heteroatoms. The Morgan fingerprint density at radius 3 is 2.00 bits per heavy atom. The fraction of sp³-hybridized carbons (Fsp3) is 1.00. The quantitative estimate of drug-likeness (QED) is 0.688. The van der Waals surface area contributed by atoms with Crippen LogP contribution in [-0.4, -0.2) is 12.0 Å². The minimum atomic E-state index is -2.62. The van der Waals surface area contributed by atoms with Crippen molar-refractivity contribution in [2.75, 3.05) is 7.11 Å². The standard InChI is InChI=1S/CH5O3P.W/c1-4-5(2)3;/h5H,1H3,(H,2,3);. The van der Waals surface area contributed by atoms with Crippen molar-refractivity contribution in [3.63, 3.8) is 0 Å². The molecule has 0 aliphatic carbocycles. The second kappa shape index (κ2) is 5.84. The SMILES string of the molecule is CO[PH](=O)O.[W]. The van der Waals surface area contributed by atoms with Crippen LogP contribution in [0.3, 0.4) is 0 Å². The van der Waals surface area contributed by atoms with Crippen molar-refractivity contribution in [1.29, 1.82) is 0 Å². The normalized spacial score (nSPS) is 12.3. The Morgan fingerprint density at radius 2 is 2.00 bits per heavy atom. The van der Waals surface area contributed by atoms with Crippen LogP contribution in [0.5, 0.6) is 0 Å². The predicted octanol–water partition coefficient (Wildman–Crippen LogP) is 0.0123. The summed E-state index contributed by atoms with van der Waals surface area (Å²) in [6.07, 6.45) is 0. The summed E-state index contributed by atoms with van der Waals surface area (Å²) in [5, 5.41) is 0. The van der Waals surface area contributed by atoms with E-state index in [4.69, 9.17) is 4.89 Å². The molecule has 0 aromatic rings. The Balaban J connectivity index is 0. The van der Waals surface area contributed by atoms with Gasteiger partial charge in [0.25, 0.3) is 0 Å². The van der Waals surface area contributed by atoms with Crippen LogP contribution in [0.15, 0.2) is 0 Å². The molecule has 0 spiro atoms. The second-order valence-corrected chi connectivity index (χ2v) is 1.41. The third kappa shape index (κ3) is 8.85. The van der Waals surface area contributed by atoms with E-state index in [1.54, 1.807) is 0 Å². The first kappa shape index (κ1) is 9.96. The van der Waals surface area contributed by atoms with E-state index < -0.39 is 8.25 Å². The van der Waals surface area contributed by atoms with Gasteiger partial charge in [-0.2, -0.15) is 0 Å². The van der Waals surface area contributed by atoms with E-state index in [1.165, 1.54) is 7.11 Å². The van der Waals surface area contributed by atoms with Crippen LogP contribution >= 0.6 is 8.25 Å². The van der Waals surface area contributed by atoms with Crippen LogP contribution in [0.25, 0.3) is 0 Å². The van der Waals surface area contributed by atoms with Crippen molar-refractivity contribution < 1.29 is 35.0 Å². The van der Waals surface area contributed by atoms with Gasteiger partial charge in [0.15, 0.2) is 0 Å². The second-order valence-electron chi connectivity index (χ2n) is 0.470. The van der Waals surface area contributed by atoms with Gasteiger partial charge in [0.05, 0.1) is 0 Å². The first-order chi connectivity index (χ1) is 2.27. The molecule has 0 heterocycles. The summed E-state index contributed by atoms with van der Waals surface area (Å²) in [6, 6.07) is 0. The zero-order valence-electron chi connectivity index (χ0n) is 3.17. The smallest absolute Gasteiger partial charge is 0.316 e. The molecule has 1 N–H and O–H groups in total. The Bertz CT molecular complexity index is 46.1. The zero-order valence-corrected chi connectivity index (χ0v) is 7.11. The van der Waals surface area contributed by atoms with Gasteiger partial charge in [-0.1, -0.05) is 0 Å². The van der Waals surface area contributed by atoms with Crippen LogP contribution in [0.1, 0.15) is 0 Å². The number of hydrogen-bond acceptors (Lipinski definition) is 2. The van der Waals surface area contributed by atoms with Gasteiger partial charge < -0.3 is 9.42 Å². The van der Waals surface area contributed by atoms with E-state index in [0.717, 1.165) is 0 Å². The van der Waals surface area contributed by atoms with Gasteiger partial charge >= 0.3 is 8.25 Å². The summed E-state index contributed by atoms with van der Waals surface area (Å²) in [7, 11) is -1.44. The van der Waals surface area contributed by atoms with Crippen molar-refractivity contribution in [3.05, 3.63) is 0 Å². The molecule has 0 rings (SSSR count). The molecule has 1 unspecified atom stereocenters. The van der Waals surface area contributed by atoms with E-state index in [1.807, 2.05) is 0 Å². The zero-order chi connectivity index (χ0) is 4.28. The largest absolute Gasteiger partial charge is 0.326 e. The van der Waals surface area contributed by atoms with Gasteiger partial charge in [0.2, 0.25) is 0 Å². The molecule has 0 saturated heterocycles. The fourth-order valence-electron chi connectivity index (χ4n) is 0. The summed E-state index contributed by atoms with van der Waals surface area (Å²) in [5.74, 6) is 0. The molecular weight excluding hydrogens is 275 g/mol. The summed E-state index contributed by atoms with van der Waals surface area (Å²) < 4.78 is 13.2. The first-order valence-corrected chi connectivity index (χ1v) is 2.30. The molecule has 0 bridgehead atoms. The topological polar surface area (TPSA) is 46.5 Å². The molecule has 0 radical (unpaired) electrons. The monoisotopic (exact) mass is 280 g/mol. The van der Waals surface area contributed by atoms with Gasteiger partial charge in [-0.15, -0.1) is 0 Å². The minimum Gasteiger partial charge on any atom is -0.326 e. The molecule has 38 valence electrons. The minimum absolute atomic E-state index is 0. The molecule has 1 atom stereocenters. The molecule has 0 fully saturated rings. The van der Waals surface area contributed by atoms with E-state index in [2.05, 4.69) is 4.52 Å². The third-order valence-electron chi connectivity index (χ3n) is 0.175. The van der Waals surface area contributed by atoms with Crippen molar-refractivity contribution in [3.8, 4) is 0 Å². The van der Waals surface area contributed by atoms with Crippen LogP contribution in [-0.2, 0) is 30.2 Å². The maximum atomic E-state index is 9.33. The molecule has 6 heavy (non-hydrogen) atoms. The van der Waals surface area contributed by atoms with Gasteiger partial charge in [-0.05, 0) is 0 Å². The molecule has 0 amide bonds. The van der Waals surface area contributed by atoms with Gasteiger partial charge in [-0.25, -0.2) is 0 Å². The Kier molecular flexibility index (Phi) is 9.69. The van der Waals surface area contributed by atoms with E-state index in [9.17, 15) is 4.57 Å². The molecule has 0 aliphatic rings. The fourth-order valence-corrected chi connectivity index (χ4v) is 0. The molecule has 0 aliphatic heterocycles. The van der Waals surface area contributed by atoms with Crippen LogP contribution in [0, 0.1) is 0 Å². The van der Waals surface area contributed by atoms with Crippen molar-refractivity contribution >= 4 is 8.25 Å². The first-order valence-electron chi connectivity index (χ1n) is 1.04. The summed E-state index contributed by atoms with van der Waals surface area (Å²) in [5.41, 5.74) is 0. The van der Waals surface area contributed by atoms with Crippen molar-refractivity contribution in [1.82, 2.24) is 0 Å². The van der Waals surface area contributed by atoms with Gasteiger partial charge in [0, 0.05) is 28.2 Å². The Labute approximate surface area is 50.9 Å². The summed E-state index contributed by atoms with van der Waals surface area (Å²) in [6.45, 7) is 0. The van der Waals surface area contributed by atoms with Crippen LogP contribution in [0.4, 0.5) is 0 Å². The number of hydrogen-bond donors (Lipinski definition) is 1. The summed E-state index contributed by atoms with van der Waals surface area (Å²) in [4.78, 5) is 7.69. The Hall–Kier alpha value is 0.838. The predicted molar refractivity (Wildman–Crippen MR) is 18.2 cm³/mol. The van der Waals surface area contributed by atoms with Crippen LogP contribution < -0.4 is 0 Å². The molecule has 0 aromatic carbocycles. The van der Waals surface area contributed by atoms with Crippen molar-refractivity contribution in [2.45, 2.75) is 0 Å².